The van der Waals surface area contributed by atoms with Crippen LogP contribution < -0.4 is 0 Å². The van der Waals surface area contributed by atoms with E-state index in [1.165, 1.54) is 0 Å². The Kier molecular flexibility index (Phi) is 7.20. The van der Waals surface area contributed by atoms with Crippen LogP contribution >= 0.6 is 0 Å². The van der Waals surface area contributed by atoms with Crippen LogP contribution in [0.4, 0.5) is 0 Å². The Morgan fingerprint density at radius 2 is 1.46 bits per heavy atom. The van der Waals surface area contributed by atoms with Gasteiger partial charge in [0.25, 0.3) is 20.2 Å². The van der Waals surface area contributed by atoms with E-state index in [4.69, 9.17) is 13.1 Å². The van der Waals surface area contributed by atoms with Gasteiger partial charge in [-0.15, -0.1) is 0 Å². The second kappa shape index (κ2) is 8.79. The molecule has 0 atom stereocenters. The summed E-state index contributed by atoms with van der Waals surface area (Å²) in [6, 6.07) is 9.55. The molecule has 0 aromatic heterocycles. The molecule has 26 heavy (non-hydrogen) atoms. The zero-order valence-corrected chi connectivity index (χ0v) is 16.7. The van der Waals surface area contributed by atoms with E-state index in [0.29, 0.717) is 6.61 Å². The van der Waals surface area contributed by atoms with Crippen molar-refractivity contribution in [3.63, 3.8) is 0 Å². The Bertz CT molecular complexity index is 733. The smallest absolute Gasteiger partial charge is 0.264 e. The van der Waals surface area contributed by atoms with Crippen molar-refractivity contribution in [3.05, 3.63) is 35.9 Å². The normalized spacial score (nSPS) is 16.4. The van der Waals surface area contributed by atoms with Gasteiger partial charge >= 0.3 is 0 Å². The minimum atomic E-state index is -3.67. The highest BCUT2D eigenvalue weighted by Gasteiger charge is 2.44. The van der Waals surface area contributed by atoms with Gasteiger partial charge in [-0.25, -0.2) is 0 Å². The molecule has 0 spiro atoms. The van der Waals surface area contributed by atoms with Gasteiger partial charge in [0.15, 0.2) is 0 Å². The van der Waals surface area contributed by atoms with E-state index in [0.717, 1.165) is 37.3 Å². The molecular weight excluding hydrogens is 380 g/mol. The standard InChI is InChI=1S/C17H26O7S2/c1-25(18,19)23-13-17(16-9-6-10-16,14-24-26(2,20)21)12-22-11-15-7-4-3-5-8-15/h3-5,7-8,16H,6,9-14H2,1-2H3. The Morgan fingerprint density at radius 3 is 1.88 bits per heavy atom. The van der Waals surface area contributed by atoms with Crippen molar-refractivity contribution in [2.45, 2.75) is 25.9 Å². The van der Waals surface area contributed by atoms with E-state index in [1.807, 2.05) is 30.3 Å². The molecule has 1 aliphatic rings. The molecule has 1 saturated carbocycles. The van der Waals surface area contributed by atoms with Crippen LogP contribution in [0.5, 0.6) is 0 Å². The molecule has 0 saturated heterocycles. The average molecular weight is 407 g/mol. The lowest BCUT2D eigenvalue weighted by molar-refractivity contribution is -0.0750. The van der Waals surface area contributed by atoms with Gasteiger partial charge in [-0.05, 0) is 24.3 Å². The summed E-state index contributed by atoms with van der Waals surface area (Å²) < 4.78 is 61.8. The van der Waals surface area contributed by atoms with Gasteiger partial charge in [-0.3, -0.25) is 8.37 Å². The number of rotatable bonds is 11. The van der Waals surface area contributed by atoms with Crippen LogP contribution in [-0.4, -0.2) is 49.2 Å². The van der Waals surface area contributed by atoms with Gasteiger partial charge in [0, 0.05) is 5.41 Å². The summed E-state index contributed by atoms with van der Waals surface area (Å²) in [5.74, 6) is 0.0850. The maximum absolute atomic E-state index is 11.5. The SMILES string of the molecule is CS(=O)(=O)OCC(COCc1ccccc1)(COS(C)(=O)=O)C1CCC1. The van der Waals surface area contributed by atoms with Gasteiger partial charge in [0.1, 0.15) is 0 Å². The van der Waals surface area contributed by atoms with Gasteiger partial charge in [0.05, 0.1) is 38.9 Å². The fourth-order valence-electron chi connectivity index (χ4n) is 2.89. The zero-order chi connectivity index (χ0) is 19.3. The second-order valence-corrected chi connectivity index (χ2v) is 10.2. The van der Waals surface area contributed by atoms with E-state index in [1.54, 1.807) is 0 Å². The van der Waals surface area contributed by atoms with Crippen molar-refractivity contribution in [2.24, 2.45) is 11.3 Å². The molecule has 148 valence electrons. The molecule has 1 aromatic carbocycles. The molecule has 1 aromatic rings. The summed E-state index contributed by atoms with van der Waals surface area (Å²) in [6.07, 6.45) is 4.66. The Balaban J connectivity index is 2.12. The molecule has 9 heteroatoms. The van der Waals surface area contributed by atoms with Crippen LogP contribution in [0.3, 0.4) is 0 Å². The van der Waals surface area contributed by atoms with Gasteiger partial charge in [-0.2, -0.15) is 16.8 Å². The lowest BCUT2D eigenvalue weighted by atomic mass is 9.66. The van der Waals surface area contributed by atoms with E-state index in [-0.39, 0.29) is 25.7 Å². The van der Waals surface area contributed by atoms with Crippen molar-refractivity contribution in [3.8, 4) is 0 Å². The molecule has 0 amide bonds. The number of hydrogen-bond donors (Lipinski definition) is 0. The predicted molar refractivity (Wildman–Crippen MR) is 97.5 cm³/mol. The van der Waals surface area contributed by atoms with E-state index < -0.39 is 25.7 Å². The highest BCUT2D eigenvalue weighted by molar-refractivity contribution is 7.86. The van der Waals surface area contributed by atoms with Gasteiger partial charge < -0.3 is 4.74 Å². The Hall–Kier alpha value is -1.00. The third kappa shape index (κ3) is 6.96. The summed E-state index contributed by atoms with van der Waals surface area (Å²) in [4.78, 5) is 0. The number of hydrogen-bond acceptors (Lipinski definition) is 7. The average Bonchev–Trinajstić information content (AvgIpc) is 2.49. The molecule has 7 nitrogen and oxygen atoms in total. The zero-order valence-electron chi connectivity index (χ0n) is 15.1. The van der Waals surface area contributed by atoms with Crippen molar-refractivity contribution in [1.29, 1.82) is 0 Å². The highest BCUT2D eigenvalue weighted by atomic mass is 32.2. The maximum Gasteiger partial charge on any atom is 0.264 e. The van der Waals surface area contributed by atoms with Crippen LogP contribution in [-0.2, 0) is 39.9 Å². The van der Waals surface area contributed by atoms with Crippen molar-refractivity contribution in [2.75, 3.05) is 32.3 Å². The molecule has 0 bridgehead atoms. The third-order valence-electron chi connectivity index (χ3n) is 4.59. The fraction of sp³-hybridized carbons (Fsp3) is 0.647. The first kappa shape index (κ1) is 21.3. The maximum atomic E-state index is 11.5. The number of benzene rings is 1. The predicted octanol–water partition coefficient (Wildman–Crippen LogP) is 1.94. The minimum absolute atomic E-state index is 0.0850. The van der Waals surface area contributed by atoms with Crippen LogP contribution in [0.2, 0.25) is 0 Å². The second-order valence-electron chi connectivity index (χ2n) is 6.90. The van der Waals surface area contributed by atoms with Crippen LogP contribution in [0.15, 0.2) is 30.3 Å². The Labute approximate surface area is 155 Å². The fourth-order valence-corrected chi connectivity index (χ4v) is 3.79. The first-order valence-corrected chi connectivity index (χ1v) is 12.0. The summed E-state index contributed by atoms with van der Waals surface area (Å²) in [5, 5.41) is 0. The Morgan fingerprint density at radius 1 is 0.923 bits per heavy atom. The van der Waals surface area contributed by atoms with E-state index in [9.17, 15) is 16.8 Å². The van der Waals surface area contributed by atoms with Crippen molar-refractivity contribution in [1.82, 2.24) is 0 Å². The molecular formula is C17H26O7S2. The van der Waals surface area contributed by atoms with Crippen LogP contribution in [0.25, 0.3) is 0 Å². The lowest BCUT2D eigenvalue weighted by Crippen LogP contribution is -2.47. The first-order chi connectivity index (χ1) is 12.1. The molecule has 1 aliphatic carbocycles. The van der Waals surface area contributed by atoms with Gasteiger partial charge in [-0.1, -0.05) is 36.8 Å². The summed E-state index contributed by atoms with van der Waals surface area (Å²) >= 11 is 0. The van der Waals surface area contributed by atoms with E-state index >= 15 is 0 Å². The summed E-state index contributed by atoms with van der Waals surface area (Å²) in [7, 11) is -7.33. The van der Waals surface area contributed by atoms with Gasteiger partial charge in [0.2, 0.25) is 0 Å². The third-order valence-corrected chi connectivity index (χ3v) is 5.69. The van der Waals surface area contributed by atoms with Crippen LogP contribution in [0.1, 0.15) is 24.8 Å². The minimum Gasteiger partial charge on any atom is -0.376 e. The van der Waals surface area contributed by atoms with Crippen molar-refractivity contribution >= 4 is 20.2 Å². The summed E-state index contributed by atoms with van der Waals surface area (Å²) in [5.41, 5.74) is 0.141. The molecule has 0 heterocycles. The quantitative estimate of drug-likeness (QED) is 0.518. The molecule has 0 unspecified atom stereocenters. The molecule has 0 N–H and O–H groups in total. The van der Waals surface area contributed by atoms with E-state index in [2.05, 4.69) is 0 Å². The monoisotopic (exact) mass is 406 g/mol. The topological polar surface area (TPSA) is 96.0 Å². The van der Waals surface area contributed by atoms with Crippen LogP contribution in [0, 0.1) is 11.3 Å². The first-order valence-electron chi connectivity index (χ1n) is 8.40. The highest BCUT2D eigenvalue weighted by Crippen LogP contribution is 2.43. The molecule has 0 aliphatic heterocycles. The number of ether oxygens (including phenoxy) is 1. The van der Waals surface area contributed by atoms with Crippen molar-refractivity contribution < 1.29 is 29.9 Å². The molecule has 2 rings (SSSR count). The molecule has 1 fully saturated rings. The summed E-state index contributed by atoms with van der Waals surface area (Å²) in [6.45, 7) is 0.159. The molecule has 0 radical (unpaired) electrons. The lowest BCUT2D eigenvalue weighted by Gasteiger charge is -2.44. The largest absolute Gasteiger partial charge is 0.376 e.